The van der Waals surface area contributed by atoms with Gasteiger partial charge in [-0.3, -0.25) is 0 Å². The molecule has 0 spiro atoms. The molecule has 7 heteroatoms. The van der Waals surface area contributed by atoms with Gasteiger partial charge in [-0.2, -0.15) is 0 Å². The van der Waals surface area contributed by atoms with Crippen molar-refractivity contribution in [3.05, 3.63) is 16.7 Å². The van der Waals surface area contributed by atoms with E-state index in [2.05, 4.69) is 4.74 Å². The summed E-state index contributed by atoms with van der Waals surface area (Å²) < 4.78 is 19.8. The predicted molar refractivity (Wildman–Crippen MR) is 68.1 cm³/mol. The van der Waals surface area contributed by atoms with Crippen LogP contribution in [0, 0.1) is 0 Å². The molecule has 0 aliphatic heterocycles. The Balaban J connectivity index is 3.49. The van der Waals surface area contributed by atoms with Gasteiger partial charge in [0.1, 0.15) is 5.75 Å². The third-order valence-corrected chi connectivity index (χ3v) is 2.90. The average Bonchev–Trinajstić information content (AvgIpc) is 2.44. The highest BCUT2D eigenvalue weighted by atomic mass is 35.5. The summed E-state index contributed by atoms with van der Waals surface area (Å²) in [5.74, 6) is -0.138. The van der Waals surface area contributed by atoms with Crippen LogP contribution >= 0.6 is 11.6 Å². The lowest BCUT2D eigenvalue weighted by Gasteiger charge is -2.18. The van der Waals surface area contributed by atoms with Gasteiger partial charge in [0, 0.05) is 6.07 Å². The molecule has 0 aliphatic rings. The first-order valence-electron chi connectivity index (χ1n) is 5.26. The van der Waals surface area contributed by atoms with Gasteiger partial charge in [0.15, 0.2) is 17.6 Å². The van der Waals surface area contributed by atoms with Crippen molar-refractivity contribution in [3.8, 4) is 17.2 Å². The van der Waals surface area contributed by atoms with Crippen molar-refractivity contribution in [2.45, 2.75) is 6.10 Å². The van der Waals surface area contributed by atoms with Gasteiger partial charge >= 0.3 is 5.97 Å². The van der Waals surface area contributed by atoms with E-state index in [0.29, 0.717) is 5.75 Å². The third kappa shape index (κ3) is 2.85. The number of aliphatic hydroxyl groups excluding tert-OH is 1. The lowest BCUT2D eigenvalue weighted by molar-refractivity contribution is -0.150. The number of carbonyl (C=O) groups excluding carboxylic acids is 1. The number of hydrogen-bond acceptors (Lipinski definition) is 6. The largest absolute Gasteiger partial charge is 0.496 e. The molecule has 0 saturated carbocycles. The van der Waals surface area contributed by atoms with Gasteiger partial charge in [-0.25, -0.2) is 4.79 Å². The van der Waals surface area contributed by atoms with E-state index in [4.69, 9.17) is 25.8 Å². The minimum atomic E-state index is -1.58. The molecule has 1 aromatic carbocycles. The van der Waals surface area contributed by atoms with Crippen molar-refractivity contribution in [3.63, 3.8) is 0 Å². The molecule has 1 aromatic rings. The first kappa shape index (κ1) is 15.4. The second-order valence-corrected chi connectivity index (χ2v) is 3.85. The van der Waals surface area contributed by atoms with Crippen LogP contribution in [0.25, 0.3) is 0 Å². The summed E-state index contributed by atoms with van der Waals surface area (Å²) in [7, 11) is 5.37. The van der Waals surface area contributed by atoms with Gasteiger partial charge in [0.25, 0.3) is 0 Å². The molecule has 0 radical (unpaired) electrons. The van der Waals surface area contributed by atoms with Crippen molar-refractivity contribution in [2.75, 3.05) is 28.4 Å². The lowest BCUT2D eigenvalue weighted by Crippen LogP contribution is -2.15. The highest BCUT2D eigenvalue weighted by Gasteiger charge is 2.29. The minimum absolute atomic E-state index is 0.0246. The fourth-order valence-corrected chi connectivity index (χ4v) is 1.96. The van der Waals surface area contributed by atoms with E-state index >= 15 is 0 Å². The van der Waals surface area contributed by atoms with Crippen LogP contribution in [-0.2, 0) is 9.53 Å². The van der Waals surface area contributed by atoms with Gasteiger partial charge in [-0.15, -0.1) is 0 Å². The number of ether oxygens (including phenoxy) is 4. The second-order valence-electron chi connectivity index (χ2n) is 3.47. The molecule has 0 saturated heterocycles. The first-order chi connectivity index (χ1) is 9.01. The summed E-state index contributed by atoms with van der Waals surface area (Å²) in [6.07, 6.45) is -1.58. The van der Waals surface area contributed by atoms with Gasteiger partial charge in [0.05, 0.1) is 39.0 Å². The van der Waals surface area contributed by atoms with Crippen LogP contribution in [-0.4, -0.2) is 39.5 Å². The third-order valence-electron chi connectivity index (χ3n) is 2.53. The van der Waals surface area contributed by atoms with Crippen molar-refractivity contribution in [1.29, 1.82) is 0 Å². The summed E-state index contributed by atoms with van der Waals surface area (Å²) in [5.41, 5.74) is 0.0636. The Morgan fingerprint density at radius 3 is 2.16 bits per heavy atom. The Kier molecular flexibility index (Phi) is 5.26. The standard InChI is InChI=1S/C12H15ClO6/c1-16-6-5-7(17-2)11(18-3)9(13)8(6)10(14)12(15)19-4/h5,10,14H,1-4H3. The number of hydrogen-bond donors (Lipinski definition) is 1. The van der Waals surface area contributed by atoms with Gasteiger partial charge < -0.3 is 24.1 Å². The highest BCUT2D eigenvalue weighted by molar-refractivity contribution is 6.33. The smallest absolute Gasteiger partial charge is 0.339 e. The van der Waals surface area contributed by atoms with Crippen LogP contribution in [0.3, 0.4) is 0 Å². The molecular formula is C12H15ClO6. The molecule has 6 nitrogen and oxygen atoms in total. The van der Waals surface area contributed by atoms with E-state index in [-0.39, 0.29) is 22.1 Å². The molecule has 0 amide bonds. The van der Waals surface area contributed by atoms with Crippen LogP contribution in [0.2, 0.25) is 5.02 Å². The molecule has 0 bridgehead atoms. The number of rotatable bonds is 5. The predicted octanol–water partition coefficient (Wildman–Crippen LogP) is 1.57. The van der Waals surface area contributed by atoms with E-state index in [1.807, 2.05) is 0 Å². The molecular weight excluding hydrogens is 276 g/mol. The van der Waals surface area contributed by atoms with E-state index < -0.39 is 12.1 Å². The zero-order chi connectivity index (χ0) is 14.6. The van der Waals surface area contributed by atoms with Crippen LogP contribution in [0.15, 0.2) is 6.07 Å². The molecule has 1 unspecified atom stereocenters. The number of esters is 1. The monoisotopic (exact) mass is 290 g/mol. The summed E-state index contributed by atoms with van der Waals surface area (Å²) in [4.78, 5) is 11.4. The fraction of sp³-hybridized carbons (Fsp3) is 0.417. The number of benzene rings is 1. The number of methoxy groups -OCH3 is 4. The van der Waals surface area contributed by atoms with Crippen LogP contribution < -0.4 is 14.2 Å². The van der Waals surface area contributed by atoms with Crippen LogP contribution in [0.1, 0.15) is 11.7 Å². The molecule has 1 rings (SSSR count). The van der Waals surface area contributed by atoms with E-state index in [1.54, 1.807) is 0 Å². The molecule has 19 heavy (non-hydrogen) atoms. The van der Waals surface area contributed by atoms with E-state index in [1.165, 1.54) is 27.4 Å². The van der Waals surface area contributed by atoms with Crippen molar-refractivity contribution >= 4 is 17.6 Å². The molecule has 0 aromatic heterocycles. The van der Waals surface area contributed by atoms with Crippen molar-refractivity contribution in [2.24, 2.45) is 0 Å². The molecule has 106 valence electrons. The quantitative estimate of drug-likeness (QED) is 0.830. The lowest BCUT2D eigenvalue weighted by atomic mass is 10.1. The Morgan fingerprint density at radius 2 is 1.74 bits per heavy atom. The Hall–Kier alpha value is -1.66. The number of halogens is 1. The summed E-state index contributed by atoms with van der Waals surface area (Å²) >= 11 is 6.12. The molecule has 0 aliphatic carbocycles. The summed E-state index contributed by atoms with van der Waals surface area (Å²) in [6, 6.07) is 1.46. The zero-order valence-electron chi connectivity index (χ0n) is 11.0. The maximum Gasteiger partial charge on any atom is 0.339 e. The normalized spacial score (nSPS) is 11.7. The second kappa shape index (κ2) is 6.49. The zero-order valence-corrected chi connectivity index (χ0v) is 11.8. The maximum absolute atomic E-state index is 11.4. The Bertz CT molecular complexity index is 474. The SMILES string of the molecule is COC(=O)C(O)c1c(OC)cc(OC)c(OC)c1Cl. The highest BCUT2D eigenvalue weighted by Crippen LogP contribution is 2.45. The van der Waals surface area contributed by atoms with Crippen LogP contribution in [0.5, 0.6) is 17.2 Å². The number of carbonyl (C=O) groups is 1. The molecule has 0 heterocycles. The average molecular weight is 291 g/mol. The molecule has 1 atom stereocenters. The minimum Gasteiger partial charge on any atom is -0.496 e. The number of aliphatic hydroxyl groups is 1. The van der Waals surface area contributed by atoms with Crippen molar-refractivity contribution < 1.29 is 28.8 Å². The van der Waals surface area contributed by atoms with Gasteiger partial charge in [-0.1, -0.05) is 11.6 Å². The first-order valence-corrected chi connectivity index (χ1v) is 5.63. The molecule has 0 fully saturated rings. The maximum atomic E-state index is 11.4. The van der Waals surface area contributed by atoms with E-state index in [9.17, 15) is 9.90 Å². The topological polar surface area (TPSA) is 74.2 Å². The Morgan fingerprint density at radius 1 is 1.16 bits per heavy atom. The van der Waals surface area contributed by atoms with Crippen molar-refractivity contribution in [1.82, 2.24) is 0 Å². The fourth-order valence-electron chi connectivity index (χ4n) is 1.60. The van der Waals surface area contributed by atoms with Crippen LogP contribution in [0.4, 0.5) is 0 Å². The Labute approximate surface area is 115 Å². The van der Waals surface area contributed by atoms with Gasteiger partial charge in [-0.05, 0) is 0 Å². The molecule has 1 N–H and O–H groups in total. The van der Waals surface area contributed by atoms with E-state index in [0.717, 1.165) is 7.11 Å². The summed E-state index contributed by atoms with van der Waals surface area (Å²) in [5, 5.41) is 9.95. The summed E-state index contributed by atoms with van der Waals surface area (Å²) in [6.45, 7) is 0. The van der Waals surface area contributed by atoms with Gasteiger partial charge in [0.2, 0.25) is 0 Å².